The van der Waals surface area contributed by atoms with Crippen molar-refractivity contribution < 1.29 is 0 Å². The Labute approximate surface area is 155 Å². The predicted octanol–water partition coefficient (Wildman–Crippen LogP) is 3.16. The topological polar surface area (TPSA) is 52.6 Å². The molecule has 1 aliphatic heterocycles. The Balaban J connectivity index is 1.50. The van der Waals surface area contributed by atoms with Crippen LogP contribution in [0.5, 0.6) is 0 Å². The highest BCUT2D eigenvalue weighted by molar-refractivity contribution is 9.10. The predicted molar refractivity (Wildman–Crippen MR) is 105 cm³/mol. The number of aliphatic imine (C=N–C) groups is 1. The van der Waals surface area contributed by atoms with Crippen molar-refractivity contribution in [3.05, 3.63) is 44.8 Å². The molecule has 7 heteroatoms. The van der Waals surface area contributed by atoms with Gasteiger partial charge in [0.1, 0.15) is 5.01 Å². The first-order valence-electron chi connectivity index (χ1n) is 8.03. The lowest BCUT2D eigenvalue weighted by Gasteiger charge is -2.20. The van der Waals surface area contributed by atoms with E-state index >= 15 is 0 Å². The molecular weight excluding hydrogens is 386 g/mol. The van der Waals surface area contributed by atoms with Crippen molar-refractivity contribution in [3.63, 3.8) is 0 Å². The minimum Gasteiger partial charge on any atom is -0.369 e. The first-order chi connectivity index (χ1) is 11.6. The zero-order chi connectivity index (χ0) is 16.9. The van der Waals surface area contributed by atoms with E-state index in [9.17, 15) is 0 Å². The summed E-state index contributed by atoms with van der Waals surface area (Å²) in [6.45, 7) is 4.82. The summed E-state index contributed by atoms with van der Waals surface area (Å²) in [6.07, 6.45) is 3.01. The van der Waals surface area contributed by atoms with E-state index in [-0.39, 0.29) is 0 Å². The van der Waals surface area contributed by atoms with Gasteiger partial charge in [0.05, 0.1) is 6.54 Å². The first-order valence-corrected chi connectivity index (χ1v) is 9.64. The van der Waals surface area contributed by atoms with Gasteiger partial charge in [0.15, 0.2) is 5.96 Å². The second kappa shape index (κ2) is 7.98. The van der Waals surface area contributed by atoms with Gasteiger partial charge in [-0.05, 0) is 37.6 Å². The fourth-order valence-corrected chi connectivity index (χ4v) is 3.79. The summed E-state index contributed by atoms with van der Waals surface area (Å²) in [5.74, 6) is 0.838. The van der Waals surface area contributed by atoms with Crippen molar-refractivity contribution in [1.29, 1.82) is 0 Å². The monoisotopic (exact) mass is 407 g/mol. The van der Waals surface area contributed by atoms with Crippen LogP contribution in [0.3, 0.4) is 0 Å². The number of halogens is 1. The lowest BCUT2D eigenvalue weighted by atomic mass is 10.3. The van der Waals surface area contributed by atoms with Gasteiger partial charge in [0.2, 0.25) is 0 Å². The summed E-state index contributed by atoms with van der Waals surface area (Å²) < 4.78 is 1.11. The molecule has 1 atom stereocenters. The molecule has 0 aliphatic carbocycles. The second-order valence-electron chi connectivity index (χ2n) is 5.84. The molecule has 0 saturated carbocycles. The highest BCUT2D eigenvalue weighted by Crippen LogP contribution is 2.22. The summed E-state index contributed by atoms with van der Waals surface area (Å²) in [4.78, 5) is 12.3. The Morgan fingerprint density at radius 3 is 2.88 bits per heavy atom. The highest BCUT2D eigenvalue weighted by Gasteiger charge is 2.23. The summed E-state index contributed by atoms with van der Waals surface area (Å²) in [5, 5.41) is 7.95. The number of aromatic nitrogens is 1. The molecule has 1 unspecified atom stereocenters. The lowest BCUT2D eigenvalue weighted by molar-refractivity contribution is 0.648. The van der Waals surface area contributed by atoms with Gasteiger partial charge >= 0.3 is 0 Å². The molecule has 2 heterocycles. The second-order valence-corrected chi connectivity index (χ2v) is 8.08. The normalized spacial score (nSPS) is 18.0. The smallest absolute Gasteiger partial charge is 0.191 e. The molecule has 0 bridgehead atoms. The van der Waals surface area contributed by atoms with Crippen molar-refractivity contribution in [2.45, 2.75) is 25.9 Å². The van der Waals surface area contributed by atoms with Crippen molar-refractivity contribution in [2.75, 3.05) is 25.0 Å². The third-order valence-corrected chi connectivity index (χ3v) is 5.46. The van der Waals surface area contributed by atoms with E-state index in [1.807, 2.05) is 13.2 Å². The molecule has 5 nitrogen and oxygen atoms in total. The molecular formula is C17H22BrN5S. The molecule has 128 valence electrons. The summed E-state index contributed by atoms with van der Waals surface area (Å²) in [5.41, 5.74) is 1.27. The summed E-state index contributed by atoms with van der Waals surface area (Å²) in [7, 11) is 1.81. The number of thiazole rings is 1. The first kappa shape index (κ1) is 17.2. The van der Waals surface area contributed by atoms with E-state index in [0.29, 0.717) is 12.6 Å². The Kier molecular flexibility index (Phi) is 5.73. The average molecular weight is 408 g/mol. The number of hydrogen-bond donors (Lipinski definition) is 2. The van der Waals surface area contributed by atoms with Gasteiger partial charge in [-0.25, -0.2) is 4.98 Å². The summed E-state index contributed by atoms with van der Waals surface area (Å²) in [6, 6.07) is 8.89. The average Bonchev–Trinajstić information content (AvgIpc) is 3.21. The minimum atomic E-state index is 0.401. The SMILES string of the molecule is CN=C(NCc1ncc(C)s1)NC1CCN(c2ccc(Br)cc2)C1. The molecule has 2 aromatic rings. The third-order valence-electron chi connectivity index (χ3n) is 4.02. The van der Waals surface area contributed by atoms with Crippen molar-refractivity contribution in [3.8, 4) is 0 Å². The van der Waals surface area contributed by atoms with Crippen LogP contribution in [-0.2, 0) is 6.54 Å². The van der Waals surface area contributed by atoms with Gasteiger partial charge in [0, 0.05) is 47.4 Å². The third kappa shape index (κ3) is 4.48. The van der Waals surface area contributed by atoms with Crippen molar-refractivity contribution in [2.24, 2.45) is 4.99 Å². The Bertz CT molecular complexity index is 697. The van der Waals surface area contributed by atoms with Crippen LogP contribution in [0, 0.1) is 6.92 Å². The zero-order valence-electron chi connectivity index (χ0n) is 13.9. The van der Waals surface area contributed by atoms with E-state index in [4.69, 9.17) is 0 Å². The molecule has 24 heavy (non-hydrogen) atoms. The molecule has 1 aliphatic rings. The number of nitrogens with zero attached hydrogens (tertiary/aromatic N) is 3. The van der Waals surface area contributed by atoms with Crippen LogP contribution in [0.15, 0.2) is 39.9 Å². The fourth-order valence-electron chi connectivity index (χ4n) is 2.79. The number of rotatable bonds is 4. The largest absolute Gasteiger partial charge is 0.369 e. The van der Waals surface area contributed by atoms with Gasteiger partial charge in [-0.15, -0.1) is 11.3 Å². The van der Waals surface area contributed by atoms with Crippen LogP contribution in [0.1, 0.15) is 16.3 Å². The highest BCUT2D eigenvalue weighted by atomic mass is 79.9. The van der Waals surface area contributed by atoms with Gasteiger partial charge in [-0.1, -0.05) is 15.9 Å². The number of aryl methyl sites for hydroxylation is 1. The maximum atomic E-state index is 4.37. The van der Waals surface area contributed by atoms with Gasteiger partial charge in [-0.3, -0.25) is 4.99 Å². The number of anilines is 1. The molecule has 1 saturated heterocycles. The van der Waals surface area contributed by atoms with Crippen LogP contribution in [0.25, 0.3) is 0 Å². The van der Waals surface area contributed by atoms with Gasteiger partial charge in [-0.2, -0.15) is 0 Å². The molecule has 1 aromatic carbocycles. The van der Waals surface area contributed by atoms with Crippen LogP contribution in [0.4, 0.5) is 5.69 Å². The number of nitrogens with one attached hydrogen (secondary N) is 2. The molecule has 3 rings (SSSR count). The standard InChI is InChI=1S/C17H22BrN5S/c1-12-9-20-16(24-12)10-21-17(19-2)22-14-7-8-23(11-14)15-5-3-13(18)4-6-15/h3-6,9,14H,7-8,10-11H2,1-2H3,(H2,19,21,22). The molecule has 0 radical (unpaired) electrons. The molecule has 0 amide bonds. The molecule has 1 fully saturated rings. The van der Waals surface area contributed by atoms with Gasteiger partial charge < -0.3 is 15.5 Å². The van der Waals surface area contributed by atoms with E-state index in [2.05, 4.69) is 72.6 Å². The van der Waals surface area contributed by atoms with E-state index in [1.165, 1.54) is 10.6 Å². The van der Waals surface area contributed by atoms with Crippen LogP contribution < -0.4 is 15.5 Å². The fraction of sp³-hybridized carbons (Fsp3) is 0.412. The van der Waals surface area contributed by atoms with Crippen LogP contribution >= 0.6 is 27.3 Å². The maximum absolute atomic E-state index is 4.37. The molecule has 0 spiro atoms. The lowest BCUT2D eigenvalue weighted by Crippen LogP contribution is -2.44. The van der Waals surface area contributed by atoms with Crippen molar-refractivity contribution >= 4 is 38.9 Å². The summed E-state index contributed by atoms with van der Waals surface area (Å²) >= 11 is 5.20. The molecule has 1 aromatic heterocycles. The minimum absolute atomic E-state index is 0.401. The maximum Gasteiger partial charge on any atom is 0.191 e. The van der Waals surface area contributed by atoms with Crippen LogP contribution in [0.2, 0.25) is 0 Å². The number of benzene rings is 1. The number of hydrogen-bond acceptors (Lipinski definition) is 4. The van der Waals surface area contributed by atoms with E-state index < -0.39 is 0 Å². The Hall–Kier alpha value is -1.60. The van der Waals surface area contributed by atoms with E-state index in [0.717, 1.165) is 35.0 Å². The van der Waals surface area contributed by atoms with Crippen molar-refractivity contribution in [1.82, 2.24) is 15.6 Å². The van der Waals surface area contributed by atoms with E-state index in [1.54, 1.807) is 11.3 Å². The zero-order valence-corrected chi connectivity index (χ0v) is 16.3. The Morgan fingerprint density at radius 2 is 2.21 bits per heavy atom. The molecule has 2 N–H and O–H groups in total. The van der Waals surface area contributed by atoms with Gasteiger partial charge in [0.25, 0.3) is 0 Å². The van der Waals surface area contributed by atoms with Crippen LogP contribution in [-0.4, -0.2) is 37.1 Å². The quantitative estimate of drug-likeness (QED) is 0.603. The number of guanidine groups is 1. The Morgan fingerprint density at radius 1 is 1.42 bits per heavy atom.